The zero-order valence-corrected chi connectivity index (χ0v) is 12.5. The Kier molecular flexibility index (Phi) is 2.95. The number of aliphatic hydroxyl groups excluding tert-OH is 2. The highest BCUT2D eigenvalue weighted by molar-refractivity contribution is 6.15. The lowest BCUT2D eigenvalue weighted by molar-refractivity contribution is -0.0954. The second-order valence-corrected chi connectivity index (χ2v) is 6.03. The maximum Gasteiger partial charge on any atom is 0.167 e. The maximum atomic E-state index is 10.7. The minimum Gasteiger partial charge on any atom is -0.394 e. The predicted molar refractivity (Wildman–Crippen MR) is 84.1 cm³/mol. The highest BCUT2D eigenvalue weighted by Crippen LogP contribution is 2.43. The number of aliphatic imine (C=N–C) groups is 2. The molecule has 0 aliphatic carbocycles. The molecule has 0 spiro atoms. The molecule has 4 heterocycles. The summed E-state index contributed by atoms with van der Waals surface area (Å²) in [5.74, 6) is 0.957. The molecule has 4 rings (SSSR count). The van der Waals surface area contributed by atoms with Crippen LogP contribution in [0.2, 0.25) is 0 Å². The summed E-state index contributed by atoms with van der Waals surface area (Å²) >= 11 is 0. The van der Waals surface area contributed by atoms with E-state index in [-0.39, 0.29) is 6.31 Å². The van der Waals surface area contributed by atoms with Crippen molar-refractivity contribution in [3.05, 3.63) is 11.8 Å². The van der Waals surface area contributed by atoms with Crippen LogP contribution >= 0.6 is 0 Å². The molecule has 9 heteroatoms. The fraction of sp³-hybridized carbons (Fsp3) is 0.571. The molecule has 4 atom stereocenters. The molecule has 0 unspecified atom stereocenters. The SMILES string of the molecule is [3H]C1=NC2=NCCNc3cn([C@@H]4O[C@H](CO)[C@@H](O)[C@@]4(C)O)c(c32)N1. The second-order valence-electron chi connectivity index (χ2n) is 6.03. The Morgan fingerprint density at radius 1 is 1.61 bits per heavy atom. The van der Waals surface area contributed by atoms with Gasteiger partial charge >= 0.3 is 0 Å². The van der Waals surface area contributed by atoms with Crippen molar-refractivity contribution >= 4 is 23.7 Å². The zero-order valence-electron chi connectivity index (χ0n) is 13.5. The van der Waals surface area contributed by atoms with Crippen LogP contribution in [0.15, 0.2) is 16.2 Å². The Morgan fingerprint density at radius 2 is 2.43 bits per heavy atom. The number of nitrogens with zero attached hydrogens (tertiary/aromatic N) is 3. The molecule has 0 radical (unpaired) electrons. The largest absolute Gasteiger partial charge is 0.394 e. The van der Waals surface area contributed by atoms with E-state index in [9.17, 15) is 15.3 Å². The van der Waals surface area contributed by atoms with E-state index >= 15 is 0 Å². The van der Waals surface area contributed by atoms with Gasteiger partial charge in [0, 0.05) is 12.7 Å². The van der Waals surface area contributed by atoms with Crippen molar-refractivity contribution in [2.75, 3.05) is 30.3 Å². The summed E-state index contributed by atoms with van der Waals surface area (Å²) in [7, 11) is 0. The van der Waals surface area contributed by atoms with Crippen LogP contribution in [-0.4, -0.2) is 69.5 Å². The van der Waals surface area contributed by atoms with Gasteiger partial charge in [-0.3, -0.25) is 4.99 Å². The Bertz CT molecular complexity index is 744. The van der Waals surface area contributed by atoms with Gasteiger partial charge in [-0.1, -0.05) is 0 Å². The van der Waals surface area contributed by atoms with Gasteiger partial charge < -0.3 is 35.3 Å². The zero-order chi connectivity index (χ0) is 17.1. The van der Waals surface area contributed by atoms with Crippen molar-refractivity contribution in [3.63, 3.8) is 0 Å². The highest BCUT2D eigenvalue weighted by Gasteiger charge is 2.53. The molecule has 0 aromatic carbocycles. The van der Waals surface area contributed by atoms with Crippen molar-refractivity contribution in [2.24, 2.45) is 9.98 Å². The summed E-state index contributed by atoms with van der Waals surface area (Å²) < 4.78 is 15.1. The predicted octanol–water partition coefficient (Wildman–Crippen LogP) is -0.884. The van der Waals surface area contributed by atoms with E-state index in [4.69, 9.17) is 6.11 Å². The number of hydrogen-bond donors (Lipinski definition) is 5. The molecular formula is C14H19N5O4. The normalized spacial score (nSPS) is 36.2. The number of hydrogen-bond acceptors (Lipinski definition) is 8. The van der Waals surface area contributed by atoms with Crippen molar-refractivity contribution in [3.8, 4) is 0 Å². The third-order valence-corrected chi connectivity index (χ3v) is 4.47. The van der Waals surface area contributed by atoms with E-state index in [1.807, 2.05) is 0 Å². The minimum absolute atomic E-state index is 0.0639. The fourth-order valence-corrected chi connectivity index (χ4v) is 3.24. The molecule has 0 saturated carbocycles. The fourth-order valence-electron chi connectivity index (χ4n) is 3.24. The first-order valence-electron chi connectivity index (χ1n) is 7.96. The molecule has 1 aromatic rings. The molecule has 1 saturated heterocycles. The third kappa shape index (κ3) is 2.01. The minimum atomic E-state index is -1.61. The topological polar surface area (TPSA) is 124 Å². The van der Waals surface area contributed by atoms with E-state index in [1.165, 1.54) is 6.92 Å². The van der Waals surface area contributed by atoms with Crippen LogP contribution in [-0.2, 0) is 4.74 Å². The monoisotopic (exact) mass is 323 g/mol. The Balaban J connectivity index is 1.84. The van der Waals surface area contributed by atoms with Gasteiger partial charge in [0.15, 0.2) is 12.1 Å². The van der Waals surface area contributed by atoms with Crippen LogP contribution in [0.1, 0.15) is 20.1 Å². The van der Waals surface area contributed by atoms with Crippen LogP contribution in [0.3, 0.4) is 0 Å². The van der Waals surface area contributed by atoms with Crippen molar-refractivity contribution in [1.82, 2.24) is 4.57 Å². The summed E-state index contributed by atoms with van der Waals surface area (Å²) in [5, 5.41) is 36.4. The van der Waals surface area contributed by atoms with E-state index in [1.54, 1.807) is 10.8 Å². The smallest absolute Gasteiger partial charge is 0.167 e. The quantitative estimate of drug-likeness (QED) is 0.481. The molecule has 23 heavy (non-hydrogen) atoms. The van der Waals surface area contributed by atoms with Gasteiger partial charge in [-0.25, -0.2) is 4.99 Å². The van der Waals surface area contributed by atoms with E-state index in [0.717, 1.165) is 5.69 Å². The third-order valence-electron chi connectivity index (χ3n) is 4.47. The van der Waals surface area contributed by atoms with E-state index in [2.05, 4.69) is 20.6 Å². The molecule has 5 N–H and O–H groups in total. The number of rotatable bonds is 2. The van der Waals surface area contributed by atoms with Crippen LogP contribution in [0.5, 0.6) is 0 Å². The van der Waals surface area contributed by atoms with Gasteiger partial charge in [0.1, 0.15) is 25.0 Å². The van der Waals surface area contributed by atoms with Gasteiger partial charge in [-0.15, -0.1) is 0 Å². The number of amidine groups is 2. The van der Waals surface area contributed by atoms with Crippen molar-refractivity contribution in [2.45, 2.75) is 31.0 Å². The highest BCUT2D eigenvalue weighted by atomic mass is 16.6. The molecule has 1 fully saturated rings. The second kappa shape index (κ2) is 5.03. The van der Waals surface area contributed by atoms with E-state index < -0.39 is 30.6 Å². The number of anilines is 2. The number of ether oxygens (including phenoxy) is 1. The summed E-state index contributed by atoms with van der Waals surface area (Å²) in [4.78, 5) is 8.48. The lowest BCUT2D eigenvalue weighted by Crippen LogP contribution is -2.44. The first-order chi connectivity index (χ1) is 11.4. The van der Waals surface area contributed by atoms with Gasteiger partial charge in [-0.2, -0.15) is 0 Å². The lowest BCUT2D eigenvalue weighted by Gasteiger charge is -2.29. The number of aliphatic hydroxyl groups is 3. The summed E-state index contributed by atoms with van der Waals surface area (Å²) in [5.41, 5.74) is -0.159. The summed E-state index contributed by atoms with van der Waals surface area (Å²) in [6.45, 7) is 2.21. The Morgan fingerprint density at radius 3 is 3.17 bits per heavy atom. The van der Waals surface area contributed by atoms with Gasteiger partial charge in [0.25, 0.3) is 0 Å². The van der Waals surface area contributed by atoms with E-state index in [0.29, 0.717) is 30.3 Å². The maximum absolute atomic E-state index is 10.7. The van der Waals surface area contributed by atoms with Gasteiger partial charge in [0.2, 0.25) is 0 Å². The first kappa shape index (κ1) is 13.5. The number of nitrogens with one attached hydrogen (secondary N) is 2. The molecule has 1 aromatic heterocycles. The molecular weight excluding hydrogens is 302 g/mol. The number of aromatic nitrogens is 1. The molecule has 0 bridgehead atoms. The first-order valence-corrected chi connectivity index (χ1v) is 7.46. The van der Waals surface area contributed by atoms with Gasteiger partial charge in [-0.05, 0) is 6.92 Å². The van der Waals surface area contributed by atoms with Crippen LogP contribution in [0, 0.1) is 0 Å². The van der Waals surface area contributed by atoms with Crippen LogP contribution in [0.4, 0.5) is 11.5 Å². The molecule has 0 amide bonds. The standard InChI is InChI=1S/C14H19N5O4/c1-14(22)10(21)8(5-20)23-13(14)19-4-7-9-11(16-3-2-15-7)17-6-18-12(9)19/h4,6,8,10,13,15,20-22H,2-3,5H2,1H3,(H,16,17,18)/t8-,10-,13-,14-/m1/s1/i6T. The van der Waals surface area contributed by atoms with Gasteiger partial charge in [0.05, 0.1) is 30.7 Å². The van der Waals surface area contributed by atoms with Crippen LogP contribution in [0.25, 0.3) is 0 Å². The van der Waals surface area contributed by atoms with Crippen LogP contribution < -0.4 is 10.6 Å². The molecule has 3 aliphatic rings. The summed E-state index contributed by atoms with van der Waals surface area (Å²) in [6.07, 6.45) is -1.40. The Hall–Kier alpha value is -1.94. The van der Waals surface area contributed by atoms with Crippen molar-refractivity contribution in [1.29, 1.82) is 0 Å². The molecule has 124 valence electrons. The lowest BCUT2D eigenvalue weighted by atomic mass is 9.96. The average molecular weight is 323 g/mol. The Labute approximate surface area is 133 Å². The summed E-state index contributed by atoms with van der Waals surface area (Å²) in [6, 6.07) is 0. The molecule has 9 nitrogen and oxygen atoms in total. The van der Waals surface area contributed by atoms with Crippen molar-refractivity contribution < 1.29 is 21.4 Å². The molecule has 3 aliphatic heterocycles. The average Bonchev–Trinajstić information content (AvgIpc) is 2.89.